The first-order valence-electron chi connectivity index (χ1n) is 8.21. The number of nitrogens with one attached hydrogen (secondary N) is 1. The van der Waals surface area contributed by atoms with E-state index in [0.717, 1.165) is 37.2 Å². The Bertz CT molecular complexity index is 875. The van der Waals surface area contributed by atoms with Gasteiger partial charge in [0.25, 0.3) is 0 Å². The quantitative estimate of drug-likeness (QED) is 0.418. The summed E-state index contributed by atoms with van der Waals surface area (Å²) in [5, 5.41) is 13.4. The zero-order valence-corrected chi connectivity index (χ0v) is 14.7. The van der Waals surface area contributed by atoms with Gasteiger partial charge in [-0.25, -0.2) is 15.0 Å². The average Bonchev–Trinajstić information content (AvgIpc) is 3.08. The number of aromatic nitrogens is 4. The Morgan fingerprint density at radius 1 is 1.24 bits per heavy atom. The lowest BCUT2D eigenvalue weighted by atomic mass is 10.2. The van der Waals surface area contributed by atoms with E-state index >= 15 is 0 Å². The summed E-state index contributed by atoms with van der Waals surface area (Å²) < 4.78 is 7.88. The second-order valence-corrected chi connectivity index (χ2v) is 6.65. The smallest absolute Gasteiger partial charge is 0.191 e. The van der Waals surface area contributed by atoms with Gasteiger partial charge in [-0.3, -0.25) is 4.57 Å². The minimum Gasteiger partial charge on any atom is -0.508 e. The van der Waals surface area contributed by atoms with Gasteiger partial charge in [-0.15, -0.1) is 0 Å². The van der Waals surface area contributed by atoms with E-state index in [9.17, 15) is 5.11 Å². The summed E-state index contributed by atoms with van der Waals surface area (Å²) >= 11 is 1.49. The molecule has 25 heavy (non-hydrogen) atoms. The molecule has 3 heterocycles. The maximum Gasteiger partial charge on any atom is 0.191 e. The highest BCUT2D eigenvalue weighted by Crippen LogP contribution is 2.30. The molecule has 1 aromatic carbocycles. The summed E-state index contributed by atoms with van der Waals surface area (Å²) in [6.07, 6.45) is 6.91. The number of hydrogen-bond donors (Lipinski definition) is 2. The first-order chi connectivity index (χ1) is 12.2. The van der Waals surface area contributed by atoms with Gasteiger partial charge in [0.15, 0.2) is 22.1 Å². The second kappa shape index (κ2) is 6.89. The van der Waals surface area contributed by atoms with Gasteiger partial charge in [-0.05, 0) is 49.8 Å². The molecule has 2 aromatic heterocycles. The van der Waals surface area contributed by atoms with Gasteiger partial charge in [0.2, 0.25) is 0 Å². The van der Waals surface area contributed by atoms with Crippen molar-refractivity contribution in [3.05, 3.63) is 30.6 Å². The minimum atomic E-state index is -0.0233. The number of nitrogens with zero attached hydrogens (tertiary/aromatic N) is 4. The summed E-state index contributed by atoms with van der Waals surface area (Å²) in [4.78, 5) is 13.7. The Kier molecular flexibility index (Phi) is 4.46. The minimum absolute atomic E-state index is 0.0233. The van der Waals surface area contributed by atoms with Crippen LogP contribution in [0.25, 0.3) is 11.2 Å². The summed E-state index contributed by atoms with van der Waals surface area (Å²) in [5.41, 5.74) is 2.31. The molecule has 1 saturated heterocycles. The van der Waals surface area contributed by atoms with Crippen LogP contribution in [0.1, 0.15) is 25.5 Å². The third-order valence-corrected chi connectivity index (χ3v) is 4.73. The third-order valence-electron chi connectivity index (χ3n) is 4.18. The van der Waals surface area contributed by atoms with Gasteiger partial charge in [0.1, 0.15) is 12.0 Å². The number of fused-ring (bicyclic) bond motifs is 1. The van der Waals surface area contributed by atoms with Gasteiger partial charge in [0.05, 0.1) is 6.33 Å². The first-order valence-corrected chi connectivity index (χ1v) is 9.43. The van der Waals surface area contributed by atoms with Crippen LogP contribution in [0.5, 0.6) is 5.75 Å². The van der Waals surface area contributed by atoms with E-state index in [1.807, 2.05) is 10.8 Å². The van der Waals surface area contributed by atoms with Crippen molar-refractivity contribution in [1.82, 2.24) is 19.5 Å². The van der Waals surface area contributed by atoms with Gasteiger partial charge in [-0.1, -0.05) is 11.8 Å². The number of rotatable bonds is 4. The van der Waals surface area contributed by atoms with Crippen molar-refractivity contribution in [3.63, 3.8) is 0 Å². The molecule has 1 aliphatic heterocycles. The molecule has 130 valence electrons. The molecule has 8 heteroatoms. The molecular weight excluding hydrogens is 338 g/mol. The van der Waals surface area contributed by atoms with Crippen LogP contribution in [0.15, 0.2) is 35.7 Å². The van der Waals surface area contributed by atoms with Crippen molar-refractivity contribution < 1.29 is 9.84 Å². The fourth-order valence-corrected chi connectivity index (χ4v) is 3.27. The number of anilines is 2. The Morgan fingerprint density at radius 3 is 2.80 bits per heavy atom. The molecule has 0 spiro atoms. The van der Waals surface area contributed by atoms with Crippen LogP contribution >= 0.6 is 11.8 Å². The summed E-state index contributed by atoms with van der Waals surface area (Å²) in [6, 6.07) is 6.85. The number of phenols is 1. The van der Waals surface area contributed by atoms with E-state index < -0.39 is 0 Å². The molecule has 4 rings (SSSR count). The zero-order valence-electron chi connectivity index (χ0n) is 13.8. The standard InChI is InChI=1S/C17H19N5O2S/c1-25-17-20-15(19-11-5-7-12(23)8-6-11)14-16(21-17)22(10-18-14)13-4-2-3-9-24-13/h5-8,10,13,23H,2-4,9H2,1H3,(H,19,20,21). The SMILES string of the molecule is CSc1nc(Nc2ccc(O)cc2)c2ncn(C3CCCCO3)c2n1. The first kappa shape index (κ1) is 16.2. The second-order valence-electron chi connectivity index (χ2n) is 5.88. The van der Waals surface area contributed by atoms with Crippen LogP contribution in [0.3, 0.4) is 0 Å². The Morgan fingerprint density at radius 2 is 2.08 bits per heavy atom. The molecule has 7 nitrogen and oxygen atoms in total. The predicted molar refractivity (Wildman–Crippen MR) is 97.3 cm³/mol. The number of benzene rings is 1. The van der Waals surface area contributed by atoms with Crippen molar-refractivity contribution in [2.75, 3.05) is 18.2 Å². The van der Waals surface area contributed by atoms with E-state index in [1.54, 1.807) is 30.6 Å². The molecule has 0 saturated carbocycles. The summed E-state index contributed by atoms with van der Waals surface area (Å²) in [7, 11) is 0. The molecule has 1 unspecified atom stereocenters. The fourth-order valence-electron chi connectivity index (χ4n) is 2.91. The molecule has 2 N–H and O–H groups in total. The van der Waals surface area contributed by atoms with Crippen molar-refractivity contribution in [2.45, 2.75) is 30.6 Å². The summed E-state index contributed by atoms with van der Waals surface area (Å²) in [6.45, 7) is 0.767. The van der Waals surface area contributed by atoms with Crippen molar-refractivity contribution in [2.24, 2.45) is 0 Å². The molecule has 3 aromatic rings. The average molecular weight is 357 g/mol. The van der Waals surface area contributed by atoms with Crippen LogP contribution in [0.2, 0.25) is 0 Å². The largest absolute Gasteiger partial charge is 0.508 e. The van der Waals surface area contributed by atoms with Gasteiger partial charge >= 0.3 is 0 Å². The molecule has 0 bridgehead atoms. The molecule has 0 amide bonds. The van der Waals surface area contributed by atoms with E-state index in [4.69, 9.17) is 4.74 Å². The molecule has 1 fully saturated rings. The van der Waals surface area contributed by atoms with Crippen molar-refractivity contribution >= 4 is 34.4 Å². The third kappa shape index (κ3) is 3.27. The Hall–Kier alpha value is -2.32. The highest BCUT2D eigenvalue weighted by atomic mass is 32.2. The lowest BCUT2D eigenvalue weighted by Crippen LogP contribution is -2.17. The van der Waals surface area contributed by atoms with Crippen LogP contribution in [0, 0.1) is 0 Å². The molecule has 0 radical (unpaired) electrons. The van der Waals surface area contributed by atoms with Crippen LogP contribution in [-0.4, -0.2) is 37.5 Å². The highest BCUT2D eigenvalue weighted by molar-refractivity contribution is 7.98. The number of phenolic OH excluding ortho intramolecular Hbond substituents is 1. The number of aromatic hydroxyl groups is 1. The number of thioether (sulfide) groups is 1. The number of hydrogen-bond acceptors (Lipinski definition) is 7. The van der Waals surface area contributed by atoms with E-state index in [-0.39, 0.29) is 12.0 Å². The Balaban J connectivity index is 1.75. The topological polar surface area (TPSA) is 85.1 Å². The van der Waals surface area contributed by atoms with Crippen LogP contribution < -0.4 is 5.32 Å². The van der Waals surface area contributed by atoms with Gasteiger partial charge in [-0.2, -0.15) is 0 Å². The van der Waals surface area contributed by atoms with Crippen LogP contribution in [0.4, 0.5) is 11.5 Å². The monoisotopic (exact) mass is 357 g/mol. The maximum atomic E-state index is 9.44. The Labute approximate surface area is 149 Å². The normalized spacial score (nSPS) is 17.7. The van der Waals surface area contributed by atoms with E-state index in [1.165, 1.54) is 11.8 Å². The fraction of sp³-hybridized carbons (Fsp3) is 0.353. The van der Waals surface area contributed by atoms with Gasteiger partial charge < -0.3 is 15.2 Å². The lowest BCUT2D eigenvalue weighted by Gasteiger charge is -2.23. The van der Waals surface area contributed by atoms with E-state index in [2.05, 4.69) is 20.3 Å². The molecule has 1 aliphatic rings. The summed E-state index contributed by atoms with van der Waals surface area (Å²) in [5.74, 6) is 0.872. The lowest BCUT2D eigenvalue weighted by molar-refractivity contribution is -0.0298. The molecule has 1 atom stereocenters. The van der Waals surface area contributed by atoms with E-state index in [0.29, 0.717) is 16.5 Å². The maximum absolute atomic E-state index is 9.44. The number of ether oxygens (including phenoxy) is 1. The van der Waals surface area contributed by atoms with Crippen molar-refractivity contribution in [3.8, 4) is 5.75 Å². The zero-order chi connectivity index (χ0) is 17.2. The highest BCUT2D eigenvalue weighted by Gasteiger charge is 2.21. The number of imidazole rings is 1. The molecule has 0 aliphatic carbocycles. The van der Waals surface area contributed by atoms with Crippen molar-refractivity contribution in [1.29, 1.82) is 0 Å². The van der Waals surface area contributed by atoms with Crippen LogP contribution in [-0.2, 0) is 4.74 Å². The predicted octanol–water partition coefficient (Wildman–Crippen LogP) is 3.70. The van der Waals surface area contributed by atoms with Gasteiger partial charge in [0, 0.05) is 12.3 Å². The molecular formula is C17H19N5O2S.